The standard InChI is InChI=1S/C15H25N3O/c1-4-6-10-18(11(3)5-2)14-12(15(17)19)8-7-9-13(14)16/h7-9,11H,4-6,10,16H2,1-3H3,(H2,17,19). The molecule has 1 amide bonds. The number of unbranched alkanes of at least 4 members (excludes halogenated alkanes) is 1. The van der Waals surface area contributed by atoms with Crippen LogP contribution >= 0.6 is 0 Å². The van der Waals surface area contributed by atoms with E-state index in [1.807, 2.05) is 6.07 Å². The number of carbonyl (C=O) groups excluding carboxylic acids is 1. The molecule has 0 fully saturated rings. The molecule has 0 bridgehead atoms. The molecule has 1 atom stereocenters. The Hall–Kier alpha value is -1.71. The summed E-state index contributed by atoms with van der Waals surface area (Å²) in [5.41, 5.74) is 13.5. The van der Waals surface area contributed by atoms with Crippen molar-refractivity contribution in [2.45, 2.75) is 46.1 Å². The van der Waals surface area contributed by atoms with Gasteiger partial charge in [-0.15, -0.1) is 0 Å². The van der Waals surface area contributed by atoms with Gasteiger partial charge in [0, 0.05) is 12.6 Å². The molecule has 1 aromatic rings. The number of anilines is 2. The second kappa shape index (κ2) is 7.02. The third kappa shape index (κ3) is 3.63. The van der Waals surface area contributed by atoms with Gasteiger partial charge in [0.2, 0.25) is 0 Å². The van der Waals surface area contributed by atoms with E-state index in [0.29, 0.717) is 17.3 Å². The van der Waals surface area contributed by atoms with Gasteiger partial charge < -0.3 is 16.4 Å². The van der Waals surface area contributed by atoms with Crippen molar-refractivity contribution >= 4 is 17.3 Å². The molecule has 0 heterocycles. The fraction of sp³-hybridized carbons (Fsp3) is 0.533. The minimum absolute atomic E-state index is 0.328. The molecule has 0 aliphatic rings. The molecule has 1 unspecified atom stereocenters. The average Bonchev–Trinajstić information content (AvgIpc) is 2.39. The minimum Gasteiger partial charge on any atom is -0.397 e. The lowest BCUT2D eigenvalue weighted by molar-refractivity contribution is 0.100. The van der Waals surface area contributed by atoms with Crippen molar-refractivity contribution in [2.24, 2.45) is 5.73 Å². The third-order valence-corrected chi connectivity index (χ3v) is 3.50. The van der Waals surface area contributed by atoms with Crippen molar-refractivity contribution in [1.29, 1.82) is 0 Å². The second-order valence-corrected chi connectivity index (χ2v) is 4.91. The van der Waals surface area contributed by atoms with Crippen LogP contribution in [0.2, 0.25) is 0 Å². The second-order valence-electron chi connectivity index (χ2n) is 4.91. The Morgan fingerprint density at radius 3 is 2.58 bits per heavy atom. The number of rotatable bonds is 7. The normalized spacial score (nSPS) is 12.2. The van der Waals surface area contributed by atoms with Gasteiger partial charge in [-0.2, -0.15) is 0 Å². The van der Waals surface area contributed by atoms with Gasteiger partial charge in [-0.25, -0.2) is 0 Å². The predicted molar refractivity (Wildman–Crippen MR) is 81.4 cm³/mol. The van der Waals surface area contributed by atoms with Crippen LogP contribution in [0.3, 0.4) is 0 Å². The fourth-order valence-electron chi connectivity index (χ4n) is 2.18. The molecular weight excluding hydrogens is 238 g/mol. The number of primary amides is 1. The largest absolute Gasteiger partial charge is 0.397 e. The van der Waals surface area contributed by atoms with Gasteiger partial charge in [-0.3, -0.25) is 4.79 Å². The maximum absolute atomic E-state index is 11.6. The highest BCUT2D eigenvalue weighted by Crippen LogP contribution is 2.30. The van der Waals surface area contributed by atoms with Gasteiger partial charge in [-0.1, -0.05) is 26.3 Å². The molecule has 0 aliphatic heterocycles. The van der Waals surface area contributed by atoms with Crippen LogP contribution in [0.15, 0.2) is 18.2 Å². The van der Waals surface area contributed by atoms with E-state index in [2.05, 4.69) is 25.7 Å². The number of nitrogens with two attached hydrogens (primary N) is 2. The highest BCUT2D eigenvalue weighted by atomic mass is 16.1. The molecule has 0 saturated heterocycles. The minimum atomic E-state index is -0.424. The summed E-state index contributed by atoms with van der Waals surface area (Å²) in [5.74, 6) is -0.424. The lowest BCUT2D eigenvalue weighted by Crippen LogP contribution is -2.36. The van der Waals surface area contributed by atoms with Crippen LogP contribution in [0.1, 0.15) is 50.4 Å². The number of carbonyl (C=O) groups is 1. The molecule has 0 aromatic heterocycles. The Morgan fingerprint density at radius 1 is 1.37 bits per heavy atom. The van der Waals surface area contributed by atoms with Crippen LogP contribution in [0, 0.1) is 0 Å². The van der Waals surface area contributed by atoms with E-state index < -0.39 is 5.91 Å². The smallest absolute Gasteiger partial charge is 0.250 e. The predicted octanol–water partition coefficient (Wildman–Crippen LogP) is 2.77. The maximum atomic E-state index is 11.6. The van der Waals surface area contributed by atoms with Gasteiger partial charge in [-0.05, 0) is 31.9 Å². The lowest BCUT2D eigenvalue weighted by atomic mass is 10.1. The quantitative estimate of drug-likeness (QED) is 0.743. The van der Waals surface area contributed by atoms with Crippen molar-refractivity contribution in [2.75, 3.05) is 17.2 Å². The van der Waals surface area contributed by atoms with Crippen molar-refractivity contribution < 1.29 is 4.79 Å². The van der Waals surface area contributed by atoms with Crippen LogP contribution in [0.5, 0.6) is 0 Å². The first kappa shape index (κ1) is 15.3. The molecule has 1 aromatic carbocycles. The molecule has 0 aliphatic carbocycles. The highest BCUT2D eigenvalue weighted by Gasteiger charge is 2.20. The van der Waals surface area contributed by atoms with Gasteiger partial charge in [0.05, 0.1) is 16.9 Å². The Labute approximate surface area is 115 Å². The number of amides is 1. The average molecular weight is 263 g/mol. The van der Waals surface area contributed by atoms with E-state index in [-0.39, 0.29) is 0 Å². The zero-order valence-electron chi connectivity index (χ0n) is 12.1. The molecule has 19 heavy (non-hydrogen) atoms. The molecule has 1 rings (SSSR count). The van der Waals surface area contributed by atoms with Crippen molar-refractivity contribution in [1.82, 2.24) is 0 Å². The van der Waals surface area contributed by atoms with Crippen molar-refractivity contribution in [3.05, 3.63) is 23.8 Å². The molecule has 4 nitrogen and oxygen atoms in total. The van der Waals surface area contributed by atoms with E-state index in [9.17, 15) is 4.79 Å². The Balaban J connectivity index is 3.23. The van der Waals surface area contributed by atoms with Crippen LogP contribution in [0.4, 0.5) is 11.4 Å². The van der Waals surface area contributed by atoms with Crippen molar-refractivity contribution in [3.8, 4) is 0 Å². The first-order valence-corrected chi connectivity index (χ1v) is 6.97. The summed E-state index contributed by atoms with van der Waals surface area (Å²) in [5, 5.41) is 0. The van der Waals surface area contributed by atoms with E-state index >= 15 is 0 Å². The first-order valence-electron chi connectivity index (χ1n) is 6.97. The molecule has 0 radical (unpaired) electrons. The van der Waals surface area contributed by atoms with Crippen LogP contribution in [-0.2, 0) is 0 Å². The molecule has 106 valence electrons. The number of benzene rings is 1. The van der Waals surface area contributed by atoms with E-state index in [0.717, 1.165) is 31.5 Å². The Kier molecular flexibility index (Phi) is 5.67. The van der Waals surface area contributed by atoms with Gasteiger partial charge in [0.1, 0.15) is 0 Å². The number of nitrogens with zero attached hydrogens (tertiary/aromatic N) is 1. The lowest BCUT2D eigenvalue weighted by Gasteiger charge is -2.33. The Morgan fingerprint density at radius 2 is 2.05 bits per heavy atom. The summed E-state index contributed by atoms with van der Waals surface area (Å²) in [7, 11) is 0. The maximum Gasteiger partial charge on any atom is 0.250 e. The molecule has 0 spiro atoms. The van der Waals surface area contributed by atoms with E-state index in [1.54, 1.807) is 12.1 Å². The first-order chi connectivity index (χ1) is 9.02. The molecule has 0 saturated carbocycles. The fourth-order valence-corrected chi connectivity index (χ4v) is 2.18. The molecular formula is C15H25N3O. The summed E-state index contributed by atoms with van der Waals surface area (Å²) >= 11 is 0. The monoisotopic (exact) mass is 263 g/mol. The summed E-state index contributed by atoms with van der Waals surface area (Å²) in [6.07, 6.45) is 3.17. The van der Waals surface area contributed by atoms with Crippen molar-refractivity contribution in [3.63, 3.8) is 0 Å². The zero-order valence-corrected chi connectivity index (χ0v) is 12.1. The van der Waals surface area contributed by atoms with E-state index in [4.69, 9.17) is 11.5 Å². The number of hydrogen-bond donors (Lipinski definition) is 2. The SMILES string of the molecule is CCCCN(c1c(N)cccc1C(N)=O)C(C)CC. The number of nitrogen functional groups attached to an aromatic ring is 1. The summed E-state index contributed by atoms with van der Waals surface area (Å²) < 4.78 is 0. The van der Waals surface area contributed by atoms with Crippen LogP contribution in [-0.4, -0.2) is 18.5 Å². The highest BCUT2D eigenvalue weighted by molar-refractivity contribution is 6.01. The molecule has 4 heteroatoms. The Bertz CT molecular complexity index is 431. The van der Waals surface area contributed by atoms with Crippen LogP contribution < -0.4 is 16.4 Å². The molecule has 4 N–H and O–H groups in total. The number of para-hydroxylation sites is 1. The summed E-state index contributed by atoms with van der Waals surface area (Å²) in [4.78, 5) is 13.8. The summed E-state index contributed by atoms with van der Waals surface area (Å²) in [6.45, 7) is 7.32. The van der Waals surface area contributed by atoms with Gasteiger partial charge >= 0.3 is 0 Å². The van der Waals surface area contributed by atoms with Gasteiger partial charge in [0.15, 0.2) is 0 Å². The summed E-state index contributed by atoms with van der Waals surface area (Å²) in [6, 6.07) is 5.67. The topological polar surface area (TPSA) is 72.3 Å². The number of hydrogen-bond acceptors (Lipinski definition) is 3. The third-order valence-electron chi connectivity index (χ3n) is 3.50. The zero-order chi connectivity index (χ0) is 14.4. The van der Waals surface area contributed by atoms with Crippen LogP contribution in [0.25, 0.3) is 0 Å². The van der Waals surface area contributed by atoms with Gasteiger partial charge in [0.25, 0.3) is 5.91 Å². The van der Waals surface area contributed by atoms with E-state index in [1.165, 1.54) is 0 Å².